The zero-order valence-electron chi connectivity index (χ0n) is 9.99. The minimum atomic E-state index is 0.312. The molecule has 0 saturated carbocycles. The fourth-order valence-corrected chi connectivity index (χ4v) is 3.31. The Hall–Kier alpha value is -0.0900. The lowest BCUT2D eigenvalue weighted by Crippen LogP contribution is -2.42. The number of piperidine rings is 1. The molecule has 2 saturated heterocycles. The predicted octanol–water partition coefficient (Wildman–Crippen LogP) is 1.86. The molecular weight excluding hydrogens is 268 g/mol. The van der Waals surface area contributed by atoms with Crippen molar-refractivity contribution in [3.8, 4) is 0 Å². The van der Waals surface area contributed by atoms with Gasteiger partial charge in [0, 0.05) is 36.9 Å². The molecule has 2 atom stereocenters. The standard InChI is InChI=1S/C12H21BrN2O/c1-10-4-2-3-5-14(10)6-7-15-9-11(13)8-12(15)16/h10-11H,2-9H2,1H3. The normalized spacial score (nSPS) is 32.4. The second-order valence-corrected chi connectivity index (χ2v) is 6.32. The van der Waals surface area contributed by atoms with Gasteiger partial charge in [0.15, 0.2) is 0 Å². The minimum absolute atomic E-state index is 0.312. The Kier molecular flexibility index (Phi) is 4.25. The Morgan fingerprint density at radius 3 is 2.81 bits per heavy atom. The highest BCUT2D eigenvalue weighted by molar-refractivity contribution is 9.09. The van der Waals surface area contributed by atoms with Crippen molar-refractivity contribution in [2.45, 2.75) is 43.5 Å². The van der Waals surface area contributed by atoms with Crippen LogP contribution in [0.1, 0.15) is 32.6 Å². The monoisotopic (exact) mass is 288 g/mol. The Morgan fingerprint density at radius 1 is 1.38 bits per heavy atom. The van der Waals surface area contributed by atoms with Crippen LogP contribution in [0.25, 0.3) is 0 Å². The first-order valence-corrected chi connectivity index (χ1v) is 7.24. The van der Waals surface area contributed by atoms with Crippen molar-refractivity contribution in [1.29, 1.82) is 0 Å². The summed E-state index contributed by atoms with van der Waals surface area (Å²) in [7, 11) is 0. The lowest BCUT2D eigenvalue weighted by Gasteiger charge is -2.34. The van der Waals surface area contributed by atoms with Gasteiger partial charge in [0.2, 0.25) is 5.91 Å². The molecule has 2 fully saturated rings. The maximum absolute atomic E-state index is 11.6. The molecule has 1 amide bonds. The molecule has 0 aromatic carbocycles. The van der Waals surface area contributed by atoms with Gasteiger partial charge in [-0.3, -0.25) is 9.69 Å². The molecule has 2 heterocycles. The molecule has 0 spiro atoms. The average Bonchev–Trinajstić information content (AvgIpc) is 2.56. The second kappa shape index (κ2) is 5.50. The van der Waals surface area contributed by atoms with E-state index in [0.717, 1.165) is 19.6 Å². The van der Waals surface area contributed by atoms with Crippen LogP contribution in [0.5, 0.6) is 0 Å². The smallest absolute Gasteiger partial charge is 0.223 e. The van der Waals surface area contributed by atoms with Crippen molar-refractivity contribution in [3.05, 3.63) is 0 Å². The largest absolute Gasteiger partial charge is 0.340 e. The van der Waals surface area contributed by atoms with Crippen LogP contribution in [0.15, 0.2) is 0 Å². The van der Waals surface area contributed by atoms with E-state index in [1.165, 1.54) is 25.8 Å². The molecule has 16 heavy (non-hydrogen) atoms. The van der Waals surface area contributed by atoms with Crippen LogP contribution in [0.2, 0.25) is 0 Å². The van der Waals surface area contributed by atoms with E-state index in [4.69, 9.17) is 0 Å². The highest BCUT2D eigenvalue weighted by atomic mass is 79.9. The lowest BCUT2D eigenvalue weighted by molar-refractivity contribution is -0.127. The highest BCUT2D eigenvalue weighted by Gasteiger charge is 2.28. The van der Waals surface area contributed by atoms with Gasteiger partial charge >= 0.3 is 0 Å². The molecule has 0 radical (unpaired) electrons. The van der Waals surface area contributed by atoms with Gasteiger partial charge in [0.25, 0.3) is 0 Å². The lowest BCUT2D eigenvalue weighted by atomic mass is 10.0. The number of alkyl halides is 1. The van der Waals surface area contributed by atoms with E-state index in [2.05, 4.69) is 27.8 Å². The molecule has 2 rings (SSSR count). The Labute approximate surface area is 106 Å². The molecule has 4 heteroatoms. The van der Waals surface area contributed by atoms with Gasteiger partial charge in [-0.05, 0) is 26.3 Å². The summed E-state index contributed by atoms with van der Waals surface area (Å²) in [6, 6.07) is 0.700. The van der Waals surface area contributed by atoms with Gasteiger partial charge in [-0.1, -0.05) is 22.4 Å². The number of hydrogen-bond acceptors (Lipinski definition) is 2. The van der Waals surface area contributed by atoms with Gasteiger partial charge < -0.3 is 4.90 Å². The number of halogens is 1. The van der Waals surface area contributed by atoms with Gasteiger partial charge in [-0.15, -0.1) is 0 Å². The first-order valence-electron chi connectivity index (χ1n) is 6.32. The van der Waals surface area contributed by atoms with Gasteiger partial charge in [0.05, 0.1) is 0 Å². The number of carbonyl (C=O) groups excluding carboxylic acids is 1. The van der Waals surface area contributed by atoms with Crippen molar-refractivity contribution in [2.24, 2.45) is 0 Å². The number of likely N-dealkylation sites (tertiary alicyclic amines) is 2. The second-order valence-electron chi connectivity index (χ2n) is 5.02. The Balaban J connectivity index is 1.76. The van der Waals surface area contributed by atoms with Crippen LogP contribution in [0, 0.1) is 0 Å². The zero-order valence-corrected chi connectivity index (χ0v) is 11.6. The molecule has 0 aliphatic carbocycles. The summed E-state index contributed by atoms with van der Waals surface area (Å²) in [5.41, 5.74) is 0. The van der Waals surface area contributed by atoms with Gasteiger partial charge in [-0.25, -0.2) is 0 Å². The van der Waals surface area contributed by atoms with Crippen LogP contribution in [-0.4, -0.2) is 52.8 Å². The molecule has 2 unspecified atom stereocenters. The third-order valence-electron chi connectivity index (χ3n) is 3.77. The van der Waals surface area contributed by atoms with Gasteiger partial charge in [0.1, 0.15) is 0 Å². The van der Waals surface area contributed by atoms with Crippen molar-refractivity contribution >= 4 is 21.8 Å². The maximum Gasteiger partial charge on any atom is 0.223 e. The van der Waals surface area contributed by atoms with E-state index in [-0.39, 0.29) is 0 Å². The number of amides is 1. The first-order chi connectivity index (χ1) is 7.66. The third kappa shape index (κ3) is 2.98. The highest BCUT2D eigenvalue weighted by Crippen LogP contribution is 2.19. The molecule has 3 nitrogen and oxygen atoms in total. The number of nitrogens with zero attached hydrogens (tertiary/aromatic N) is 2. The quantitative estimate of drug-likeness (QED) is 0.740. The maximum atomic E-state index is 11.6. The van der Waals surface area contributed by atoms with Crippen molar-refractivity contribution in [1.82, 2.24) is 9.80 Å². The molecule has 0 aromatic heterocycles. The fraction of sp³-hybridized carbons (Fsp3) is 0.917. The molecule has 2 aliphatic rings. The van der Waals surface area contributed by atoms with E-state index in [1.54, 1.807) is 0 Å². The summed E-state index contributed by atoms with van der Waals surface area (Å²) < 4.78 is 0. The molecular formula is C12H21BrN2O. The summed E-state index contributed by atoms with van der Waals surface area (Å²) in [4.78, 5) is 16.5. The average molecular weight is 289 g/mol. The molecule has 92 valence electrons. The minimum Gasteiger partial charge on any atom is -0.340 e. The van der Waals surface area contributed by atoms with Crippen LogP contribution < -0.4 is 0 Å². The summed E-state index contributed by atoms with van der Waals surface area (Å²) in [5.74, 6) is 0.312. The summed E-state index contributed by atoms with van der Waals surface area (Å²) >= 11 is 3.52. The molecule has 2 aliphatic heterocycles. The zero-order chi connectivity index (χ0) is 11.5. The topological polar surface area (TPSA) is 23.6 Å². The number of carbonyl (C=O) groups is 1. The van der Waals surface area contributed by atoms with E-state index in [9.17, 15) is 4.79 Å². The van der Waals surface area contributed by atoms with E-state index in [1.807, 2.05) is 4.90 Å². The summed E-state index contributed by atoms with van der Waals surface area (Å²) in [6.45, 7) is 6.36. The molecule has 0 aromatic rings. The van der Waals surface area contributed by atoms with E-state index < -0.39 is 0 Å². The van der Waals surface area contributed by atoms with E-state index in [0.29, 0.717) is 23.2 Å². The van der Waals surface area contributed by atoms with Crippen LogP contribution in [0.4, 0.5) is 0 Å². The van der Waals surface area contributed by atoms with Crippen molar-refractivity contribution < 1.29 is 4.79 Å². The third-order valence-corrected chi connectivity index (χ3v) is 4.38. The van der Waals surface area contributed by atoms with E-state index >= 15 is 0 Å². The van der Waals surface area contributed by atoms with Crippen LogP contribution >= 0.6 is 15.9 Å². The summed E-state index contributed by atoms with van der Waals surface area (Å²) in [5, 5.41) is 0. The van der Waals surface area contributed by atoms with Crippen molar-refractivity contribution in [2.75, 3.05) is 26.2 Å². The molecule has 0 N–H and O–H groups in total. The Morgan fingerprint density at radius 2 is 2.19 bits per heavy atom. The fourth-order valence-electron chi connectivity index (χ4n) is 2.68. The first kappa shape index (κ1) is 12.4. The van der Waals surface area contributed by atoms with Crippen molar-refractivity contribution in [3.63, 3.8) is 0 Å². The van der Waals surface area contributed by atoms with Crippen LogP contribution in [-0.2, 0) is 4.79 Å². The SMILES string of the molecule is CC1CCCCN1CCN1CC(Br)CC1=O. The van der Waals surface area contributed by atoms with Crippen LogP contribution in [0.3, 0.4) is 0 Å². The number of rotatable bonds is 3. The Bertz CT molecular complexity index is 259. The summed E-state index contributed by atoms with van der Waals surface area (Å²) in [6.07, 6.45) is 4.67. The molecule has 0 bridgehead atoms. The van der Waals surface area contributed by atoms with Gasteiger partial charge in [-0.2, -0.15) is 0 Å². The number of hydrogen-bond donors (Lipinski definition) is 0. The predicted molar refractivity (Wildman–Crippen MR) is 68.8 cm³/mol.